The van der Waals surface area contributed by atoms with Gasteiger partial charge in [0.1, 0.15) is 16.8 Å². The number of benzene rings is 2. The normalized spacial score (nSPS) is 11.6. The zero-order valence-electron chi connectivity index (χ0n) is 16.4. The molecule has 0 aliphatic rings. The molecule has 0 unspecified atom stereocenters. The van der Waals surface area contributed by atoms with Crippen LogP contribution in [0.15, 0.2) is 48.5 Å². The quantitative estimate of drug-likeness (QED) is 0.624. The van der Waals surface area contributed by atoms with Crippen molar-refractivity contribution in [1.29, 1.82) is 0 Å². The summed E-state index contributed by atoms with van der Waals surface area (Å²) < 4.78 is 5.10. The molecular weight excluding hydrogens is 388 g/mol. The van der Waals surface area contributed by atoms with Gasteiger partial charge in [-0.05, 0) is 37.6 Å². The third kappa shape index (κ3) is 5.61. The molecule has 0 aliphatic heterocycles. The molecule has 0 saturated heterocycles. The molecule has 0 saturated carbocycles. The third-order valence-corrected chi connectivity index (χ3v) is 5.10. The number of methoxy groups -OCH3 is 1. The average Bonchev–Trinajstić information content (AvgIpc) is 3.17. The molecule has 29 heavy (non-hydrogen) atoms. The van der Waals surface area contributed by atoms with Crippen LogP contribution in [0.1, 0.15) is 18.1 Å². The van der Waals surface area contributed by atoms with E-state index in [2.05, 4.69) is 20.8 Å². The molecule has 0 spiro atoms. The Morgan fingerprint density at radius 1 is 1.14 bits per heavy atom. The van der Waals surface area contributed by atoms with Crippen molar-refractivity contribution >= 4 is 28.3 Å². The van der Waals surface area contributed by atoms with Gasteiger partial charge in [-0.15, -0.1) is 10.2 Å². The predicted octanol–water partition coefficient (Wildman–Crippen LogP) is 3.21. The number of hydrogen-bond acceptors (Lipinski definition) is 6. The van der Waals surface area contributed by atoms with Gasteiger partial charge >= 0.3 is 0 Å². The monoisotopic (exact) mass is 410 g/mol. The Morgan fingerprint density at radius 3 is 2.59 bits per heavy atom. The topological polar surface area (TPSA) is 93.2 Å². The first-order chi connectivity index (χ1) is 13.9. The second kappa shape index (κ2) is 9.29. The molecule has 150 valence electrons. The number of aromatic nitrogens is 2. The fourth-order valence-electron chi connectivity index (χ4n) is 2.67. The highest BCUT2D eigenvalue weighted by molar-refractivity contribution is 7.18. The van der Waals surface area contributed by atoms with Crippen LogP contribution >= 0.6 is 11.3 Å². The third-order valence-electron chi connectivity index (χ3n) is 4.21. The number of anilines is 1. The lowest BCUT2D eigenvalue weighted by atomic mass is 10.1. The van der Waals surface area contributed by atoms with Gasteiger partial charge in [-0.25, -0.2) is 0 Å². The summed E-state index contributed by atoms with van der Waals surface area (Å²) in [5, 5.41) is 14.7. The first kappa shape index (κ1) is 20.5. The first-order valence-corrected chi connectivity index (χ1v) is 9.90. The van der Waals surface area contributed by atoms with E-state index in [-0.39, 0.29) is 18.2 Å². The van der Waals surface area contributed by atoms with Gasteiger partial charge in [0.05, 0.1) is 13.5 Å². The second-order valence-corrected chi connectivity index (χ2v) is 7.56. The molecule has 8 heteroatoms. The van der Waals surface area contributed by atoms with Gasteiger partial charge < -0.3 is 10.1 Å². The van der Waals surface area contributed by atoms with Crippen molar-refractivity contribution in [2.24, 2.45) is 0 Å². The first-order valence-electron chi connectivity index (χ1n) is 9.08. The van der Waals surface area contributed by atoms with E-state index in [9.17, 15) is 9.59 Å². The highest BCUT2D eigenvalue weighted by atomic mass is 32.1. The van der Waals surface area contributed by atoms with Gasteiger partial charge in [-0.1, -0.05) is 47.2 Å². The molecule has 0 bridgehead atoms. The van der Waals surface area contributed by atoms with Crippen LogP contribution in [-0.2, 0) is 16.0 Å². The molecule has 1 atom stereocenters. The van der Waals surface area contributed by atoms with Gasteiger partial charge in [0.25, 0.3) is 0 Å². The van der Waals surface area contributed by atoms with E-state index < -0.39 is 6.04 Å². The van der Waals surface area contributed by atoms with E-state index >= 15 is 0 Å². The largest absolute Gasteiger partial charge is 0.497 e. The van der Waals surface area contributed by atoms with Crippen LogP contribution in [0.25, 0.3) is 10.6 Å². The van der Waals surface area contributed by atoms with Gasteiger partial charge in [0, 0.05) is 5.56 Å². The van der Waals surface area contributed by atoms with Gasteiger partial charge in [-0.3, -0.25) is 14.9 Å². The van der Waals surface area contributed by atoms with Gasteiger partial charge in [0.15, 0.2) is 0 Å². The summed E-state index contributed by atoms with van der Waals surface area (Å²) in [7, 11) is 1.59. The number of ether oxygens (including phenoxy) is 1. The highest BCUT2D eigenvalue weighted by Gasteiger charge is 2.18. The number of carbonyl (C=O) groups is 2. The Balaban J connectivity index is 1.54. The summed E-state index contributed by atoms with van der Waals surface area (Å²) in [5.74, 6) is 0.138. The number of nitrogens with zero attached hydrogens (tertiary/aromatic N) is 2. The summed E-state index contributed by atoms with van der Waals surface area (Å²) >= 11 is 1.29. The molecule has 1 aromatic heterocycles. The summed E-state index contributed by atoms with van der Waals surface area (Å²) in [4.78, 5) is 24.6. The van der Waals surface area contributed by atoms with Gasteiger partial charge in [0.2, 0.25) is 16.9 Å². The maximum Gasteiger partial charge on any atom is 0.248 e. The molecular formula is C21H22N4O3S. The summed E-state index contributed by atoms with van der Waals surface area (Å²) in [6, 6.07) is 14.4. The predicted molar refractivity (Wildman–Crippen MR) is 113 cm³/mol. The Hall–Kier alpha value is -3.26. The summed E-state index contributed by atoms with van der Waals surface area (Å²) in [6.45, 7) is 3.63. The lowest BCUT2D eigenvalue weighted by Gasteiger charge is -2.13. The van der Waals surface area contributed by atoms with Crippen molar-refractivity contribution in [1.82, 2.24) is 15.5 Å². The minimum Gasteiger partial charge on any atom is -0.497 e. The zero-order chi connectivity index (χ0) is 20.8. The lowest BCUT2D eigenvalue weighted by molar-refractivity contribution is -0.125. The van der Waals surface area contributed by atoms with Crippen LogP contribution in [0, 0.1) is 6.92 Å². The van der Waals surface area contributed by atoms with Crippen molar-refractivity contribution in [3.05, 3.63) is 59.7 Å². The van der Waals surface area contributed by atoms with E-state index in [1.54, 1.807) is 26.2 Å². The van der Waals surface area contributed by atoms with Crippen molar-refractivity contribution in [3.8, 4) is 16.3 Å². The Kier molecular flexibility index (Phi) is 6.56. The van der Waals surface area contributed by atoms with Crippen LogP contribution < -0.4 is 15.4 Å². The molecule has 2 amide bonds. The zero-order valence-corrected chi connectivity index (χ0v) is 17.2. The van der Waals surface area contributed by atoms with Crippen LogP contribution in [0.5, 0.6) is 5.75 Å². The van der Waals surface area contributed by atoms with Crippen LogP contribution in [0.2, 0.25) is 0 Å². The Morgan fingerprint density at radius 2 is 1.90 bits per heavy atom. The van der Waals surface area contributed by atoms with E-state index in [1.807, 2.05) is 43.3 Å². The van der Waals surface area contributed by atoms with Crippen LogP contribution in [-0.4, -0.2) is 35.2 Å². The smallest absolute Gasteiger partial charge is 0.248 e. The summed E-state index contributed by atoms with van der Waals surface area (Å²) in [6.07, 6.45) is 0.179. The minimum atomic E-state index is -0.702. The Labute approximate surface area is 173 Å². The molecule has 0 radical (unpaired) electrons. The fraction of sp³-hybridized carbons (Fsp3) is 0.238. The number of hydrogen-bond donors (Lipinski definition) is 2. The molecule has 2 N–H and O–H groups in total. The molecule has 1 heterocycles. The van der Waals surface area contributed by atoms with Crippen molar-refractivity contribution in [3.63, 3.8) is 0 Å². The summed E-state index contributed by atoms with van der Waals surface area (Å²) in [5.41, 5.74) is 2.91. The SMILES string of the molecule is COc1ccc(CC(=O)N[C@H](C)C(=O)Nc2nnc(-c3cccc(C)c3)s2)cc1. The molecule has 0 aliphatic carbocycles. The van der Waals surface area contributed by atoms with Crippen molar-refractivity contribution < 1.29 is 14.3 Å². The number of carbonyl (C=O) groups excluding carboxylic acids is 2. The van der Waals surface area contributed by atoms with Crippen LogP contribution in [0.4, 0.5) is 5.13 Å². The molecule has 0 fully saturated rings. The van der Waals surface area contributed by atoms with E-state index in [0.717, 1.165) is 27.4 Å². The van der Waals surface area contributed by atoms with Crippen molar-refractivity contribution in [2.75, 3.05) is 12.4 Å². The standard InChI is InChI=1S/C21H22N4O3S/c1-13-5-4-6-16(11-13)20-24-25-21(29-20)23-19(27)14(2)22-18(26)12-15-7-9-17(28-3)10-8-15/h4-11,14H,12H2,1-3H3,(H,22,26)(H,23,25,27)/t14-/m1/s1. The fourth-order valence-corrected chi connectivity index (χ4v) is 3.41. The number of aryl methyl sites for hydroxylation is 1. The maximum atomic E-state index is 12.4. The highest BCUT2D eigenvalue weighted by Crippen LogP contribution is 2.26. The number of nitrogens with one attached hydrogen (secondary N) is 2. The Bertz CT molecular complexity index is 1000. The molecule has 3 aromatic rings. The average molecular weight is 410 g/mol. The van der Waals surface area contributed by atoms with Crippen LogP contribution in [0.3, 0.4) is 0 Å². The van der Waals surface area contributed by atoms with Gasteiger partial charge in [-0.2, -0.15) is 0 Å². The van der Waals surface area contributed by atoms with Crippen molar-refractivity contribution in [2.45, 2.75) is 26.3 Å². The van der Waals surface area contributed by atoms with E-state index in [0.29, 0.717) is 5.13 Å². The molecule has 2 aromatic carbocycles. The minimum absolute atomic E-state index is 0.179. The van der Waals surface area contributed by atoms with E-state index in [4.69, 9.17) is 4.74 Å². The number of amides is 2. The maximum absolute atomic E-state index is 12.4. The lowest BCUT2D eigenvalue weighted by Crippen LogP contribution is -2.42. The second-order valence-electron chi connectivity index (χ2n) is 6.59. The van der Waals surface area contributed by atoms with E-state index in [1.165, 1.54) is 11.3 Å². The molecule has 7 nitrogen and oxygen atoms in total. The molecule has 3 rings (SSSR count). The number of rotatable bonds is 7.